The summed E-state index contributed by atoms with van der Waals surface area (Å²) in [6, 6.07) is 71.1. The highest BCUT2D eigenvalue weighted by Gasteiger charge is 2.19. The van der Waals surface area contributed by atoms with Crippen molar-refractivity contribution in [2.75, 3.05) is 4.90 Å². The molecule has 0 unspecified atom stereocenters. The number of nitrogens with zero attached hydrogens (tertiary/aromatic N) is 1. The zero-order valence-corrected chi connectivity index (χ0v) is 29.8. The number of para-hydroxylation sites is 2. The number of fused-ring (bicyclic) bond motifs is 7. The van der Waals surface area contributed by atoms with Crippen molar-refractivity contribution in [3.8, 4) is 33.4 Å². The first kappa shape index (κ1) is 31.2. The highest BCUT2D eigenvalue weighted by Crippen LogP contribution is 2.43. The Hall–Kier alpha value is -7.36. The van der Waals surface area contributed by atoms with Crippen LogP contribution in [0.1, 0.15) is 0 Å². The van der Waals surface area contributed by atoms with Crippen molar-refractivity contribution in [2.45, 2.75) is 0 Å². The summed E-state index contributed by atoms with van der Waals surface area (Å²) in [5.74, 6) is 0. The lowest BCUT2D eigenvalue weighted by Crippen LogP contribution is -2.10. The van der Waals surface area contributed by atoms with Crippen molar-refractivity contribution < 1.29 is 8.83 Å². The van der Waals surface area contributed by atoms with Crippen LogP contribution in [-0.2, 0) is 0 Å². The number of benzene rings is 9. The van der Waals surface area contributed by atoms with Crippen LogP contribution in [-0.4, -0.2) is 0 Å². The molecule has 0 aliphatic heterocycles. The molecule has 55 heavy (non-hydrogen) atoms. The Morgan fingerprint density at radius 2 is 0.782 bits per heavy atom. The number of rotatable bonds is 6. The lowest BCUT2D eigenvalue weighted by Gasteiger charge is -2.27. The molecule has 0 saturated carbocycles. The van der Waals surface area contributed by atoms with E-state index in [4.69, 9.17) is 8.83 Å². The van der Waals surface area contributed by atoms with Crippen molar-refractivity contribution in [2.24, 2.45) is 0 Å². The molecule has 0 fully saturated rings. The first-order valence-corrected chi connectivity index (χ1v) is 18.7. The maximum atomic E-state index is 6.29. The molecule has 11 rings (SSSR count). The molecule has 0 N–H and O–H groups in total. The summed E-state index contributed by atoms with van der Waals surface area (Å²) in [6.07, 6.45) is 0. The van der Waals surface area contributed by atoms with Crippen LogP contribution in [0, 0.1) is 0 Å². The largest absolute Gasteiger partial charge is 0.456 e. The minimum atomic E-state index is 0.888. The third-order valence-electron chi connectivity index (χ3n) is 10.8. The van der Waals surface area contributed by atoms with Crippen molar-refractivity contribution >= 4 is 71.7 Å². The van der Waals surface area contributed by atoms with Crippen molar-refractivity contribution in [3.05, 3.63) is 200 Å². The van der Waals surface area contributed by atoms with E-state index >= 15 is 0 Å². The summed E-state index contributed by atoms with van der Waals surface area (Å²) >= 11 is 0. The average molecular weight is 704 g/mol. The Bertz CT molecular complexity index is 3060. The van der Waals surface area contributed by atoms with Gasteiger partial charge >= 0.3 is 0 Å². The van der Waals surface area contributed by atoms with Crippen LogP contribution < -0.4 is 4.90 Å². The molecule has 3 nitrogen and oxygen atoms in total. The quantitative estimate of drug-likeness (QED) is 0.173. The Morgan fingerprint density at radius 1 is 0.291 bits per heavy atom. The molecular weight excluding hydrogens is 671 g/mol. The highest BCUT2D eigenvalue weighted by molar-refractivity contribution is 6.13. The summed E-state index contributed by atoms with van der Waals surface area (Å²) in [6.45, 7) is 0. The van der Waals surface area contributed by atoms with E-state index in [1.165, 1.54) is 21.9 Å². The molecule has 0 spiro atoms. The van der Waals surface area contributed by atoms with E-state index in [2.05, 4.69) is 181 Å². The van der Waals surface area contributed by atoms with Gasteiger partial charge in [0.05, 0.1) is 0 Å². The summed E-state index contributed by atoms with van der Waals surface area (Å²) in [7, 11) is 0. The molecule has 3 heteroatoms. The molecule has 0 saturated heterocycles. The molecule has 0 radical (unpaired) electrons. The summed E-state index contributed by atoms with van der Waals surface area (Å²) in [5, 5.41) is 6.97. The van der Waals surface area contributed by atoms with Gasteiger partial charge in [-0.05, 0) is 111 Å². The van der Waals surface area contributed by atoms with Crippen molar-refractivity contribution in [1.29, 1.82) is 0 Å². The predicted molar refractivity (Wildman–Crippen MR) is 229 cm³/mol. The smallest absolute Gasteiger partial charge is 0.136 e. The number of anilines is 3. The second-order valence-corrected chi connectivity index (χ2v) is 14.1. The van der Waals surface area contributed by atoms with E-state index in [9.17, 15) is 0 Å². The van der Waals surface area contributed by atoms with Crippen molar-refractivity contribution in [1.82, 2.24) is 0 Å². The van der Waals surface area contributed by atoms with E-state index < -0.39 is 0 Å². The molecule has 0 aliphatic carbocycles. The molecule has 0 atom stereocenters. The van der Waals surface area contributed by atoms with Crippen LogP contribution in [0.3, 0.4) is 0 Å². The number of hydrogen-bond acceptors (Lipinski definition) is 3. The molecule has 11 aromatic rings. The van der Waals surface area contributed by atoms with E-state index in [0.29, 0.717) is 0 Å². The van der Waals surface area contributed by atoms with Gasteiger partial charge in [0.1, 0.15) is 22.3 Å². The average Bonchev–Trinajstić information content (AvgIpc) is 3.83. The molecule has 0 bridgehead atoms. The second kappa shape index (κ2) is 12.6. The Balaban J connectivity index is 1.07. The maximum Gasteiger partial charge on any atom is 0.136 e. The van der Waals surface area contributed by atoms with Gasteiger partial charge in [-0.15, -0.1) is 0 Å². The van der Waals surface area contributed by atoms with Gasteiger partial charge in [0, 0.05) is 38.6 Å². The third-order valence-corrected chi connectivity index (χ3v) is 10.8. The van der Waals surface area contributed by atoms with Gasteiger partial charge in [-0.2, -0.15) is 0 Å². The first-order chi connectivity index (χ1) is 27.2. The number of furan rings is 2. The lowest BCUT2D eigenvalue weighted by molar-refractivity contribution is 0.668. The van der Waals surface area contributed by atoms with Gasteiger partial charge < -0.3 is 13.7 Å². The van der Waals surface area contributed by atoms with Crippen LogP contribution in [0.4, 0.5) is 17.1 Å². The highest BCUT2D eigenvalue weighted by atomic mass is 16.3. The Kier molecular flexibility index (Phi) is 7.17. The van der Waals surface area contributed by atoms with Crippen LogP contribution in [0.15, 0.2) is 209 Å². The minimum absolute atomic E-state index is 0.888. The zero-order valence-electron chi connectivity index (χ0n) is 29.8. The van der Waals surface area contributed by atoms with Gasteiger partial charge in [-0.1, -0.05) is 133 Å². The van der Waals surface area contributed by atoms with E-state index in [1.807, 2.05) is 24.3 Å². The fourth-order valence-electron chi connectivity index (χ4n) is 8.27. The molecule has 0 aliphatic rings. The van der Waals surface area contributed by atoms with Crippen molar-refractivity contribution in [3.63, 3.8) is 0 Å². The summed E-state index contributed by atoms with van der Waals surface area (Å²) in [4.78, 5) is 2.36. The third kappa shape index (κ3) is 5.28. The molecule has 9 aromatic carbocycles. The van der Waals surface area contributed by atoms with E-state index in [0.717, 1.165) is 83.2 Å². The van der Waals surface area contributed by atoms with Gasteiger partial charge in [0.2, 0.25) is 0 Å². The van der Waals surface area contributed by atoms with E-state index in [-0.39, 0.29) is 0 Å². The van der Waals surface area contributed by atoms with Crippen LogP contribution in [0.5, 0.6) is 0 Å². The molecule has 258 valence electrons. The fourth-order valence-corrected chi connectivity index (χ4v) is 8.27. The fraction of sp³-hybridized carbons (Fsp3) is 0. The summed E-state index contributed by atoms with van der Waals surface area (Å²) in [5.41, 5.74) is 13.7. The van der Waals surface area contributed by atoms with Gasteiger partial charge in [0.25, 0.3) is 0 Å². The first-order valence-electron chi connectivity index (χ1n) is 18.7. The Labute approximate surface area is 317 Å². The van der Waals surface area contributed by atoms with Crippen LogP contribution >= 0.6 is 0 Å². The van der Waals surface area contributed by atoms with Gasteiger partial charge in [0.15, 0.2) is 0 Å². The monoisotopic (exact) mass is 703 g/mol. The summed E-state index contributed by atoms with van der Waals surface area (Å²) < 4.78 is 12.6. The predicted octanol–water partition coefficient (Wildman–Crippen LogP) is 15.1. The normalized spacial score (nSPS) is 11.6. The SMILES string of the molecule is c1cc(-c2cccc3oc4ccccc4c23)cc(N(c2ccc(-c3ccc4ccccc4c3)cc2)c2cccc(-c3cccc4oc5ccccc5c34)c2)c1. The number of hydrogen-bond donors (Lipinski definition) is 0. The molecule has 0 amide bonds. The maximum absolute atomic E-state index is 6.29. The van der Waals surface area contributed by atoms with Gasteiger partial charge in [-0.3, -0.25) is 0 Å². The second-order valence-electron chi connectivity index (χ2n) is 14.1. The van der Waals surface area contributed by atoms with Crippen LogP contribution in [0.25, 0.3) is 88.0 Å². The lowest BCUT2D eigenvalue weighted by atomic mass is 9.97. The van der Waals surface area contributed by atoms with Gasteiger partial charge in [-0.25, -0.2) is 0 Å². The van der Waals surface area contributed by atoms with E-state index in [1.54, 1.807) is 0 Å². The van der Waals surface area contributed by atoms with Crippen LogP contribution in [0.2, 0.25) is 0 Å². The molecule has 2 aromatic heterocycles. The topological polar surface area (TPSA) is 29.5 Å². The Morgan fingerprint density at radius 3 is 1.38 bits per heavy atom. The zero-order chi connectivity index (χ0) is 36.3. The minimum Gasteiger partial charge on any atom is -0.456 e. The standard InChI is InChI=1S/C52H33NO2/c1-2-12-36-31-37(26-25-34(36)11-1)35-27-29-40(30-28-35)53(41-15-7-13-38(32-41)43-19-9-23-49-51(43)45-17-3-5-21-47(45)54-49)42-16-8-14-39(33-42)44-20-10-24-50-52(44)46-18-4-6-22-48(46)55-50/h1-33H. The molecule has 2 heterocycles. The molecular formula is C52H33NO2.